The molecule has 2 unspecified atom stereocenters. The normalized spacial score (nSPS) is 24.8. The van der Waals surface area contributed by atoms with Crippen LogP contribution in [-0.2, 0) is 7.05 Å². The predicted molar refractivity (Wildman–Crippen MR) is 66.4 cm³/mol. The number of nitrogens with zero attached hydrogens (tertiary/aromatic N) is 2. The molecular formula is C13H23N3. The molecule has 1 heterocycles. The summed E-state index contributed by atoms with van der Waals surface area (Å²) in [6, 6.07) is 0. The molecule has 1 aromatic heterocycles. The molecule has 1 aliphatic carbocycles. The minimum absolute atomic E-state index is 0.744. The van der Waals surface area contributed by atoms with Gasteiger partial charge in [-0.3, -0.25) is 4.68 Å². The Bertz CT molecular complexity index is 330. The third-order valence-electron chi connectivity index (χ3n) is 3.53. The summed E-state index contributed by atoms with van der Waals surface area (Å²) in [5.41, 5.74) is 1.42. The molecule has 1 N–H and O–H groups in total. The zero-order valence-electron chi connectivity index (χ0n) is 10.6. The van der Waals surface area contributed by atoms with Gasteiger partial charge in [-0.15, -0.1) is 0 Å². The third kappa shape index (κ3) is 2.64. The molecule has 2 atom stereocenters. The Labute approximate surface area is 98.2 Å². The topological polar surface area (TPSA) is 29.9 Å². The van der Waals surface area contributed by atoms with Crippen LogP contribution in [0.4, 0.5) is 0 Å². The number of aryl methyl sites for hydroxylation is 1. The Morgan fingerprint density at radius 1 is 1.50 bits per heavy atom. The second-order valence-electron chi connectivity index (χ2n) is 5.44. The molecule has 0 spiro atoms. The highest BCUT2D eigenvalue weighted by molar-refractivity contribution is 5.16. The van der Waals surface area contributed by atoms with E-state index in [1.54, 1.807) is 0 Å². The molecule has 1 aromatic rings. The first kappa shape index (κ1) is 11.6. The second-order valence-corrected chi connectivity index (χ2v) is 5.44. The first-order valence-corrected chi connectivity index (χ1v) is 6.36. The molecule has 1 aliphatic rings. The van der Waals surface area contributed by atoms with Gasteiger partial charge in [-0.1, -0.05) is 13.8 Å². The first-order valence-electron chi connectivity index (χ1n) is 6.36. The Kier molecular flexibility index (Phi) is 3.64. The van der Waals surface area contributed by atoms with Crippen molar-refractivity contribution >= 4 is 0 Å². The molecule has 0 amide bonds. The molecule has 16 heavy (non-hydrogen) atoms. The Hall–Kier alpha value is -0.830. The van der Waals surface area contributed by atoms with Gasteiger partial charge in [-0.05, 0) is 49.2 Å². The van der Waals surface area contributed by atoms with Gasteiger partial charge in [-0.25, -0.2) is 0 Å². The largest absolute Gasteiger partial charge is 0.316 e. The quantitative estimate of drug-likeness (QED) is 0.825. The lowest BCUT2D eigenvalue weighted by molar-refractivity contribution is 0.243. The van der Waals surface area contributed by atoms with Crippen molar-refractivity contribution in [2.24, 2.45) is 18.9 Å². The molecule has 0 aliphatic heterocycles. The van der Waals surface area contributed by atoms with E-state index >= 15 is 0 Å². The molecular weight excluding hydrogens is 198 g/mol. The standard InChI is InChI=1S/C13H23N3/c1-10(2)6-14-7-11-4-5-13(11)12-8-15-16(3)9-12/h8-11,13-14H,4-7H2,1-3H3. The van der Waals surface area contributed by atoms with Gasteiger partial charge in [0.15, 0.2) is 0 Å². The molecule has 3 nitrogen and oxygen atoms in total. The molecule has 3 heteroatoms. The zero-order valence-corrected chi connectivity index (χ0v) is 10.6. The van der Waals surface area contributed by atoms with Crippen LogP contribution in [0.15, 0.2) is 12.4 Å². The maximum Gasteiger partial charge on any atom is 0.0524 e. The van der Waals surface area contributed by atoms with Gasteiger partial charge in [0.25, 0.3) is 0 Å². The van der Waals surface area contributed by atoms with Gasteiger partial charge in [0.1, 0.15) is 0 Å². The van der Waals surface area contributed by atoms with Gasteiger partial charge < -0.3 is 5.32 Å². The highest BCUT2D eigenvalue weighted by atomic mass is 15.2. The summed E-state index contributed by atoms with van der Waals surface area (Å²) in [6.07, 6.45) is 6.89. The summed E-state index contributed by atoms with van der Waals surface area (Å²) in [4.78, 5) is 0. The van der Waals surface area contributed by atoms with Crippen LogP contribution in [0.2, 0.25) is 0 Å². The van der Waals surface area contributed by atoms with Crippen LogP contribution < -0.4 is 5.32 Å². The Morgan fingerprint density at radius 3 is 2.81 bits per heavy atom. The summed E-state index contributed by atoms with van der Waals surface area (Å²) < 4.78 is 1.91. The molecule has 0 radical (unpaired) electrons. The van der Waals surface area contributed by atoms with Gasteiger partial charge in [0.2, 0.25) is 0 Å². The van der Waals surface area contributed by atoms with Crippen molar-refractivity contribution in [3.05, 3.63) is 18.0 Å². The van der Waals surface area contributed by atoms with Crippen LogP contribution in [0.5, 0.6) is 0 Å². The fourth-order valence-electron chi connectivity index (χ4n) is 2.44. The Morgan fingerprint density at radius 2 is 2.31 bits per heavy atom. The van der Waals surface area contributed by atoms with E-state index in [-0.39, 0.29) is 0 Å². The summed E-state index contributed by atoms with van der Waals surface area (Å²) >= 11 is 0. The van der Waals surface area contributed by atoms with Gasteiger partial charge in [-0.2, -0.15) is 5.10 Å². The third-order valence-corrected chi connectivity index (χ3v) is 3.53. The van der Waals surface area contributed by atoms with Gasteiger partial charge in [0, 0.05) is 13.2 Å². The fourth-order valence-corrected chi connectivity index (χ4v) is 2.44. The SMILES string of the molecule is CC(C)CNCC1CCC1c1cnn(C)c1. The van der Waals surface area contributed by atoms with E-state index in [0.717, 1.165) is 30.8 Å². The van der Waals surface area contributed by atoms with Crippen molar-refractivity contribution in [3.63, 3.8) is 0 Å². The van der Waals surface area contributed by atoms with E-state index in [2.05, 4.69) is 30.5 Å². The van der Waals surface area contributed by atoms with Crippen molar-refractivity contribution in [1.29, 1.82) is 0 Å². The fraction of sp³-hybridized carbons (Fsp3) is 0.769. The number of aromatic nitrogens is 2. The number of hydrogen-bond donors (Lipinski definition) is 1. The van der Waals surface area contributed by atoms with Crippen LogP contribution in [-0.4, -0.2) is 22.9 Å². The molecule has 90 valence electrons. The molecule has 0 saturated heterocycles. The lowest BCUT2D eigenvalue weighted by Crippen LogP contribution is -2.35. The van der Waals surface area contributed by atoms with Crippen LogP contribution >= 0.6 is 0 Å². The van der Waals surface area contributed by atoms with E-state index in [1.807, 2.05) is 17.9 Å². The summed E-state index contributed by atoms with van der Waals surface area (Å²) in [6.45, 7) is 6.81. The summed E-state index contributed by atoms with van der Waals surface area (Å²) in [7, 11) is 1.99. The smallest absolute Gasteiger partial charge is 0.0524 e. The number of hydrogen-bond acceptors (Lipinski definition) is 2. The van der Waals surface area contributed by atoms with Crippen molar-refractivity contribution in [1.82, 2.24) is 15.1 Å². The average Bonchev–Trinajstić information content (AvgIpc) is 2.57. The van der Waals surface area contributed by atoms with E-state index in [1.165, 1.54) is 18.4 Å². The monoisotopic (exact) mass is 221 g/mol. The lowest BCUT2D eigenvalue weighted by atomic mass is 9.71. The van der Waals surface area contributed by atoms with Crippen LogP contribution in [0.3, 0.4) is 0 Å². The van der Waals surface area contributed by atoms with Crippen molar-refractivity contribution in [3.8, 4) is 0 Å². The second kappa shape index (κ2) is 5.00. The van der Waals surface area contributed by atoms with Crippen molar-refractivity contribution < 1.29 is 0 Å². The van der Waals surface area contributed by atoms with Crippen LogP contribution in [0.25, 0.3) is 0 Å². The molecule has 0 aromatic carbocycles. The highest BCUT2D eigenvalue weighted by Gasteiger charge is 2.32. The Balaban J connectivity index is 1.80. The summed E-state index contributed by atoms with van der Waals surface area (Å²) in [5.74, 6) is 2.31. The first-order chi connectivity index (χ1) is 7.66. The van der Waals surface area contributed by atoms with E-state index in [0.29, 0.717) is 0 Å². The van der Waals surface area contributed by atoms with E-state index < -0.39 is 0 Å². The zero-order chi connectivity index (χ0) is 11.5. The summed E-state index contributed by atoms with van der Waals surface area (Å²) in [5, 5.41) is 7.82. The maximum atomic E-state index is 4.26. The van der Waals surface area contributed by atoms with Crippen molar-refractivity contribution in [2.45, 2.75) is 32.6 Å². The molecule has 1 fully saturated rings. The number of nitrogens with one attached hydrogen (secondary N) is 1. The minimum atomic E-state index is 0.744. The average molecular weight is 221 g/mol. The predicted octanol–water partition coefficient (Wildman–Crippen LogP) is 2.16. The number of rotatable bonds is 5. The van der Waals surface area contributed by atoms with Crippen molar-refractivity contribution in [2.75, 3.05) is 13.1 Å². The van der Waals surface area contributed by atoms with E-state index in [4.69, 9.17) is 0 Å². The van der Waals surface area contributed by atoms with Crippen LogP contribution in [0.1, 0.15) is 38.2 Å². The molecule has 2 rings (SSSR count). The van der Waals surface area contributed by atoms with Gasteiger partial charge in [0.05, 0.1) is 6.20 Å². The maximum absolute atomic E-state index is 4.26. The van der Waals surface area contributed by atoms with Gasteiger partial charge >= 0.3 is 0 Å². The lowest BCUT2D eigenvalue weighted by Gasteiger charge is -2.36. The highest BCUT2D eigenvalue weighted by Crippen LogP contribution is 2.41. The molecule has 1 saturated carbocycles. The minimum Gasteiger partial charge on any atom is -0.316 e. The van der Waals surface area contributed by atoms with Crippen LogP contribution in [0, 0.1) is 11.8 Å². The van der Waals surface area contributed by atoms with E-state index in [9.17, 15) is 0 Å². The molecule has 0 bridgehead atoms.